The van der Waals surface area contributed by atoms with Gasteiger partial charge in [0.15, 0.2) is 11.6 Å². The average molecular weight is 337 g/mol. The number of rotatable bonds is 2. The number of nitrogens with zero attached hydrogens (tertiary/aromatic N) is 3. The van der Waals surface area contributed by atoms with E-state index >= 15 is 0 Å². The third-order valence-corrected chi connectivity index (χ3v) is 4.42. The van der Waals surface area contributed by atoms with Gasteiger partial charge in [-0.2, -0.15) is 0 Å². The van der Waals surface area contributed by atoms with Crippen LogP contribution in [-0.2, 0) is 0 Å². The minimum atomic E-state index is 0.652. The molecule has 0 saturated carbocycles. The molecule has 0 bridgehead atoms. The lowest BCUT2D eigenvalue weighted by molar-refractivity contribution is 0.669. The Bertz CT molecular complexity index is 1240. The molecule has 0 N–H and O–H groups in total. The maximum absolute atomic E-state index is 5.99. The first-order valence-electron chi connectivity index (χ1n) is 8.48. The van der Waals surface area contributed by atoms with Crippen molar-refractivity contribution in [1.82, 2.24) is 15.0 Å². The summed E-state index contributed by atoms with van der Waals surface area (Å²) in [6, 6.07) is 24.1. The molecule has 0 unspecified atom stereocenters. The van der Waals surface area contributed by atoms with Crippen LogP contribution in [0.25, 0.3) is 44.7 Å². The Balaban J connectivity index is 1.67. The highest BCUT2D eigenvalue weighted by Crippen LogP contribution is 2.31. The number of hydrogen-bond acceptors (Lipinski definition) is 4. The molecule has 0 radical (unpaired) electrons. The van der Waals surface area contributed by atoms with Crippen molar-refractivity contribution in [3.63, 3.8) is 0 Å². The lowest BCUT2D eigenvalue weighted by Crippen LogP contribution is -1.99. The Kier molecular flexibility index (Phi) is 3.28. The van der Waals surface area contributed by atoms with Crippen molar-refractivity contribution < 1.29 is 4.42 Å². The Morgan fingerprint density at radius 1 is 0.615 bits per heavy atom. The quantitative estimate of drug-likeness (QED) is 0.432. The van der Waals surface area contributed by atoms with Crippen LogP contribution in [0.4, 0.5) is 0 Å². The third-order valence-electron chi connectivity index (χ3n) is 4.42. The molecule has 4 heteroatoms. The van der Waals surface area contributed by atoms with E-state index in [-0.39, 0.29) is 0 Å². The van der Waals surface area contributed by atoms with Gasteiger partial charge in [-0.1, -0.05) is 54.6 Å². The summed E-state index contributed by atoms with van der Waals surface area (Å²) < 4.78 is 5.99. The van der Waals surface area contributed by atoms with Gasteiger partial charge in [0.1, 0.15) is 17.0 Å². The highest BCUT2D eigenvalue weighted by atomic mass is 16.3. The van der Waals surface area contributed by atoms with Crippen LogP contribution in [0.1, 0.15) is 5.82 Å². The summed E-state index contributed by atoms with van der Waals surface area (Å²) in [5.41, 5.74) is 3.61. The van der Waals surface area contributed by atoms with E-state index in [0.29, 0.717) is 17.5 Å². The van der Waals surface area contributed by atoms with E-state index in [1.807, 2.05) is 67.6 Å². The van der Waals surface area contributed by atoms with Gasteiger partial charge >= 0.3 is 0 Å². The highest BCUT2D eigenvalue weighted by Gasteiger charge is 2.11. The number of aryl methyl sites for hydroxylation is 1. The van der Waals surface area contributed by atoms with E-state index in [1.54, 1.807) is 0 Å². The molecular weight excluding hydrogens is 322 g/mol. The van der Waals surface area contributed by atoms with Crippen LogP contribution in [0.5, 0.6) is 0 Å². The van der Waals surface area contributed by atoms with Crippen LogP contribution in [-0.4, -0.2) is 15.0 Å². The largest absolute Gasteiger partial charge is 0.456 e. The molecule has 0 fully saturated rings. The molecule has 0 aliphatic carbocycles. The van der Waals surface area contributed by atoms with Crippen molar-refractivity contribution in [3.05, 3.63) is 78.6 Å². The summed E-state index contributed by atoms with van der Waals surface area (Å²) in [5.74, 6) is 2.02. The molecule has 124 valence electrons. The molecule has 0 aliphatic rings. The lowest BCUT2D eigenvalue weighted by Gasteiger charge is -2.05. The summed E-state index contributed by atoms with van der Waals surface area (Å²) in [5, 5.41) is 2.21. The summed E-state index contributed by atoms with van der Waals surface area (Å²) in [4.78, 5) is 13.7. The number of para-hydroxylation sites is 1. The van der Waals surface area contributed by atoms with Crippen molar-refractivity contribution >= 4 is 21.9 Å². The fourth-order valence-corrected chi connectivity index (χ4v) is 3.19. The second-order valence-corrected chi connectivity index (χ2v) is 6.21. The van der Waals surface area contributed by atoms with Crippen LogP contribution < -0.4 is 0 Å². The second-order valence-electron chi connectivity index (χ2n) is 6.21. The minimum absolute atomic E-state index is 0.652. The first-order valence-corrected chi connectivity index (χ1v) is 8.48. The van der Waals surface area contributed by atoms with Crippen molar-refractivity contribution in [2.24, 2.45) is 0 Å². The fourth-order valence-electron chi connectivity index (χ4n) is 3.19. The van der Waals surface area contributed by atoms with E-state index in [2.05, 4.69) is 27.1 Å². The molecule has 0 spiro atoms. The van der Waals surface area contributed by atoms with Gasteiger partial charge in [-0.25, -0.2) is 15.0 Å². The van der Waals surface area contributed by atoms with Crippen molar-refractivity contribution in [3.8, 4) is 22.8 Å². The first kappa shape index (κ1) is 14.8. The van der Waals surface area contributed by atoms with Gasteiger partial charge in [-0.15, -0.1) is 0 Å². The Hall–Kier alpha value is -3.53. The van der Waals surface area contributed by atoms with Gasteiger partial charge in [-0.05, 0) is 25.1 Å². The predicted octanol–water partition coefficient (Wildman–Crippen LogP) is 5.41. The smallest absolute Gasteiger partial charge is 0.163 e. The summed E-state index contributed by atoms with van der Waals surface area (Å²) in [6.07, 6.45) is 0. The van der Waals surface area contributed by atoms with Gasteiger partial charge in [0, 0.05) is 21.9 Å². The first-order chi connectivity index (χ1) is 12.8. The maximum atomic E-state index is 5.99. The molecule has 5 rings (SSSR count). The predicted molar refractivity (Wildman–Crippen MR) is 103 cm³/mol. The molecule has 0 amide bonds. The van der Waals surface area contributed by atoms with E-state index in [9.17, 15) is 0 Å². The van der Waals surface area contributed by atoms with Crippen molar-refractivity contribution in [2.45, 2.75) is 6.92 Å². The molecular formula is C22H15N3O. The van der Waals surface area contributed by atoms with E-state index in [1.165, 1.54) is 0 Å². The fraction of sp³-hybridized carbons (Fsp3) is 0.0455. The second kappa shape index (κ2) is 5.77. The minimum Gasteiger partial charge on any atom is -0.456 e. The van der Waals surface area contributed by atoms with Crippen LogP contribution in [0, 0.1) is 6.92 Å². The molecule has 4 nitrogen and oxygen atoms in total. The van der Waals surface area contributed by atoms with E-state index in [0.717, 1.165) is 33.1 Å². The van der Waals surface area contributed by atoms with Crippen LogP contribution in [0.3, 0.4) is 0 Å². The number of hydrogen-bond donors (Lipinski definition) is 0. The third kappa shape index (κ3) is 2.43. The number of benzene rings is 3. The number of furan rings is 1. The topological polar surface area (TPSA) is 51.8 Å². The van der Waals surface area contributed by atoms with E-state index in [4.69, 9.17) is 4.42 Å². The SMILES string of the molecule is Cc1nc(-c2ccccc2)nc(-c2ccc3c(c2)oc2ccccc23)n1. The Morgan fingerprint density at radius 3 is 2.15 bits per heavy atom. The molecule has 0 saturated heterocycles. The maximum Gasteiger partial charge on any atom is 0.163 e. The van der Waals surface area contributed by atoms with Gasteiger partial charge in [0.2, 0.25) is 0 Å². The van der Waals surface area contributed by atoms with Gasteiger partial charge in [0.05, 0.1) is 0 Å². The standard InChI is InChI=1S/C22H15N3O/c1-14-23-21(15-7-3-2-4-8-15)25-22(24-14)16-11-12-18-17-9-5-6-10-19(17)26-20(18)13-16/h2-13H,1H3. The highest BCUT2D eigenvalue weighted by molar-refractivity contribution is 6.05. The molecule has 5 aromatic rings. The van der Waals surface area contributed by atoms with Crippen molar-refractivity contribution in [2.75, 3.05) is 0 Å². The number of aromatic nitrogens is 3. The van der Waals surface area contributed by atoms with Crippen LogP contribution >= 0.6 is 0 Å². The van der Waals surface area contributed by atoms with Gasteiger partial charge in [0.25, 0.3) is 0 Å². The molecule has 0 aliphatic heterocycles. The molecule has 2 heterocycles. The normalized spacial score (nSPS) is 11.3. The monoisotopic (exact) mass is 337 g/mol. The van der Waals surface area contributed by atoms with E-state index < -0.39 is 0 Å². The zero-order valence-corrected chi connectivity index (χ0v) is 14.2. The lowest BCUT2D eigenvalue weighted by atomic mass is 10.1. The summed E-state index contributed by atoms with van der Waals surface area (Å²) >= 11 is 0. The average Bonchev–Trinajstić information content (AvgIpc) is 3.06. The number of fused-ring (bicyclic) bond motifs is 3. The molecule has 26 heavy (non-hydrogen) atoms. The molecule has 2 aromatic heterocycles. The zero-order valence-electron chi connectivity index (χ0n) is 14.2. The molecule has 0 atom stereocenters. The summed E-state index contributed by atoms with van der Waals surface area (Å²) in [7, 11) is 0. The zero-order chi connectivity index (χ0) is 17.5. The van der Waals surface area contributed by atoms with Crippen LogP contribution in [0.15, 0.2) is 77.2 Å². The Labute approximate surface area is 150 Å². The van der Waals surface area contributed by atoms with Gasteiger partial charge in [-0.3, -0.25) is 0 Å². The van der Waals surface area contributed by atoms with Crippen LogP contribution in [0.2, 0.25) is 0 Å². The summed E-state index contributed by atoms with van der Waals surface area (Å²) in [6.45, 7) is 1.89. The van der Waals surface area contributed by atoms with Gasteiger partial charge < -0.3 is 4.42 Å². The molecule has 3 aromatic carbocycles. The van der Waals surface area contributed by atoms with Crippen molar-refractivity contribution in [1.29, 1.82) is 0 Å². The Morgan fingerprint density at radius 2 is 1.31 bits per heavy atom.